The number of rotatable bonds is 7. The first-order valence-electron chi connectivity index (χ1n) is 8.19. The highest BCUT2D eigenvalue weighted by atomic mass is 16.5. The molecule has 0 saturated carbocycles. The number of methoxy groups -OCH3 is 1. The van der Waals surface area contributed by atoms with E-state index in [0.717, 1.165) is 22.4 Å². The van der Waals surface area contributed by atoms with E-state index in [2.05, 4.69) is 10.6 Å². The Kier molecular flexibility index (Phi) is 6.71. The van der Waals surface area contributed by atoms with Gasteiger partial charge < -0.3 is 15.4 Å². The number of anilines is 1. The maximum Gasteiger partial charge on any atom is 0.226 e. The van der Waals surface area contributed by atoms with Crippen LogP contribution in [0.25, 0.3) is 0 Å². The lowest BCUT2D eigenvalue weighted by molar-refractivity contribution is -0.120. The summed E-state index contributed by atoms with van der Waals surface area (Å²) >= 11 is 0. The molecule has 0 aliphatic carbocycles. The molecule has 0 heterocycles. The van der Waals surface area contributed by atoms with E-state index in [1.807, 2.05) is 55.5 Å². The van der Waals surface area contributed by atoms with Crippen LogP contribution in [0.3, 0.4) is 0 Å². The molecular formula is C20H24N2O3. The number of hydrogen-bond acceptors (Lipinski definition) is 3. The third-order valence-corrected chi connectivity index (χ3v) is 3.80. The fourth-order valence-electron chi connectivity index (χ4n) is 2.54. The average molecular weight is 340 g/mol. The van der Waals surface area contributed by atoms with Crippen molar-refractivity contribution in [1.82, 2.24) is 5.32 Å². The summed E-state index contributed by atoms with van der Waals surface area (Å²) < 4.78 is 5.07. The van der Waals surface area contributed by atoms with Gasteiger partial charge in [0.2, 0.25) is 11.8 Å². The Hall–Kier alpha value is -2.66. The Morgan fingerprint density at radius 2 is 1.68 bits per heavy atom. The van der Waals surface area contributed by atoms with Crippen LogP contribution in [-0.2, 0) is 20.9 Å². The number of aryl methyl sites for hydroxylation is 1. The summed E-state index contributed by atoms with van der Waals surface area (Å²) in [4.78, 5) is 23.8. The lowest BCUT2D eigenvalue weighted by Gasteiger charge is -2.18. The van der Waals surface area contributed by atoms with Gasteiger partial charge in [0.15, 0.2) is 0 Å². The van der Waals surface area contributed by atoms with Gasteiger partial charge in [-0.25, -0.2) is 0 Å². The summed E-state index contributed by atoms with van der Waals surface area (Å²) in [5, 5.41) is 5.71. The molecule has 5 nitrogen and oxygen atoms in total. The van der Waals surface area contributed by atoms with Crippen molar-refractivity contribution < 1.29 is 14.3 Å². The van der Waals surface area contributed by atoms with E-state index in [4.69, 9.17) is 4.74 Å². The summed E-state index contributed by atoms with van der Waals surface area (Å²) in [6.45, 7) is 3.98. The van der Waals surface area contributed by atoms with Gasteiger partial charge in [0, 0.05) is 19.7 Å². The van der Waals surface area contributed by atoms with Crippen molar-refractivity contribution in [3.05, 3.63) is 65.2 Å². The Bertz CT molecular complexity index is 709. The van der Waals surface area contributed by atoms with Gasteiger partial charge in [-0.15, -0.1) is 0 Å². The van der Waals surface area contributed by atoms with Gasteiger partial charge in [0.1, 0.15) is 0 Å². The number of benzene rings is 2. The molecule has 2 amide bonds. The molecule has 5 heteroatoms. The van der Waals surface area contributed by atoms with E-state index in [1.165, 1.54) is 6.92 Å². The van der Waals surface area contributed by atoms with Crippen molar-refractivity contribution in [2.24, 2.45) is 0 Å². The topological polar surface area (TPSA) is 67.4 Å². The molecule has 2 N–H and O–H groups in total. The number of amides is 2. The molecule has 2 aromatic carbocycles. The van der Waals surface area contributed by atoms with E-state index in [1.54, 1.807) is 7.11 Å². The molecule has 0 radical (unpaired) electrons. The van der Waals surface area contributed by atoms with Crippen LogP contribution in [-0.4, -0.2) is 18.9 Å². The Labute approximate surface area is 148 Å². The van der Waals surface area contributed by atoms with Gasteiger partial charge in [0.25, 0.3) is 0 Å². The Morgan fingerprint density at radius 1 is 1.04 bits per heavy atom. The largest absolute Gasteiger partial charge is 0.380 e. The first-order valence-corrected chi connectivity index (χ1v) is 8.19. The summed E-state index contributed by atoms with van der Waals surface area (Å²) in [6, 6.07) is 14.9. The lowest BCUT2D eigenvalue weighted by Crippen LogP contribution is -2.29. The van der Waals surface area contributed by atoms with Crippen molar-refractivity contribution in [1.29, 1.82) is 0 Å². The van der Waals surface area contributed by atoms with Crippen molar-refractivity contribution >= 4 is 17.5 Å². The SMILES string of the molecule is COCc1ccc(NC(=O)CC(NC(C)=O)c2ccc(C)cc2)cc1. The molecular weight excluding hydrogens is 316 g/mol. The number of carbonyl (C=O) groups is 2. The second-order valence-corrected chi connectivity index (χ2v) is 6.05. The zero-order valence-corrected chi connectivity index (χ0v) is 14.8. The average Bonchev–Trinajstić information content (AvgIpc) is 2.56. The maximum absolute atomic E-state index is 12.4. The van der Waals surface area contributed by atoms with Crippen LogP contribution in [0, 0.1) is 6.92 Å². The highest BCUT2D eigenvalue weighted by Gasteiger charge is 2.17. The van der Waals surface area contributed by atoms with Crippen LogP contribution in [0.1, 0.15) is 36.1 Å². The molecule has 1 unspecified atom stereocenters. The number of hydrogen-bond donors (Lipinski definition) is 2. The molecule has 0 aromatic heterocycles. The fourth-order valence-corrected chi connectivity index (χ4v) is 2.54. The van der Waals surface area contributed by atoms with Gasteiger partial charge in [0.05, 0.1) is 19.1 Å². The smallest absolute Gasteiger partial charge is 0.226 e. The van der Waals surface area contributed by atoms with Crippen molar-refractivity contribution in [2.45, 2.75) is 32.9 Å². The molecule has 25 heavy (non-hydrogen) atoms. The molecule has 2 aromatic rings. The minimum absolute atomic E-state index is 0.154. The third-order valence-electron chi connectivity index (χ3n) is 3.80. The van der Waals surface area contributed by atoms with Gasteiger partial charge in [-0.05, 0) is 30.2 Å². The predicted molar refractivity (Wildman–Crippen MR) is 98.1 cm³/mol. The predicted octanol–water partition coefficient (Wildman–Crippen LogP) is 3.35. The monoisotopic (exact) mass is 340 g/mol. The third kappa shape index (κ3) is 6.04. The van der Waals surface area contributed by atoms with Gasteiger partial charge in [-0.1, -0.05) is 42.0 Å². The molecule has 0 fully saturated rings. The zero-order valence-electron chi connectivity index (χ0n) is 14.8. The molecule has 0 spiro atoms. The second kappa shape index (κ2) is 8.99. The lowest BCUT2D eigenvalue weighted by atomic mass is 10.0. The van der Waals surface area contributed by atoms with Gasteiger partial charge in [-0.3, -0.25) is 9.59 Å². The van der Waals surface area contributed by atoms with E-state index >= 15 is 0 Å². The second-order valence-electron chi connectivity index (χ2n) is 6.05. The summed E-state index contributed by atoms with van der Waals surface area (Å²) in [5.41, 5.74) is 3.80. The summed E-state index contributed by atoms with van der Waals surface area (Å²) in [7, 11) is 1.64. The van der Waals surface area contributed by atoms with Crippen LogP contribution in [0.15, 0.2) is 48.5 Å². The zero-order chi connectivity index (χ0) is 18.2. The van der Waals surface area contributed by atoms with Crippen LogP contribution in [0.2, 0.25) is 0 Å². The molecule has 0 bridgehead atoms. The van der Waals surface area contributed by atoms with Crippen LogP contribution in [0.5, 0.6) is 0 Å². The highest BCUT2D eigenvalue weighted by molar-refractivity contribution is 5.91. The van der Waals surface area contributed by atoms with Crippen LogP contribution >= 0.6 is 0 Å². The Morgan fingerprint density at radius 3 is 2.24 bits per heavy atom. The first kappa shape index (κ1) is 18.7. The standard InChI is InChI=1S/C20H24N2O3/c1-14-4-8-17(9-5-14)19(21-15(2)23)12-20(24)22-18-10-6-16(7-11-18)13-25-3/h4-11,19H,12-13H2,1-3H3,(H,21,23)(H,22,24). The molecule has 1 atom stereocenters. The molecule has 2 rings (SSSR count). The summed E-state index contributed by atoms with van der Waals surface area (Å²) in [6.07, 6.45) is 0.169. The molecule has 0 aliphatic rings. The van der Waals surface area contributed by atoms with E-state index in [9.17, 15) is 9.59 Å². The van der Waals surface area contributed by atoms with E-state index < -0.39 is 0 Å². The number of ether oxygens (including phenoxy) is 1. The van der Waals surface area contributed by atoms with Crippen LogP contribution < -0.4 is 10.6 Å². The number of nitrogens with one attached hydrogen (secondary N) is 2. The first-order chi connectivity index (χ1) is 12.0. The van der Waals surface area contributed by atoms with E-state index in [0.29, 0.717) is 6.61 Å². The minimum Gasteiger partial charge on any atom is -0.380 e. The number of carbonyl (C=O) groups excluding carboxylic acids is 2. The van der Waals surface area contributed by atoms with Crippen molar-refractivity contribution in [2.75, 3.05) is 12.4 Å². The van der Waals surface area contributed by atoms with Gasteiger partial charge >= 0.3 is 0 Å². The van der Waals surface area contributed by atoms with Crippen LogP contribution in [0.4, 0.5) is 5.69 Å². The van der Waals surface area contributed by atoms with Gasteiger partial charge in [-0.2, -0.15) is 0 Å². The van der Waals surface area contributed by atoms with Crippen molar-refractivity contribution in [3.63, 3.8) is 0 Å². The molecule has 132 valence electrons. The quantitative estimate of drug-likeness (QED) is 0.812. The molecule has 0 aliphatic heterocycles. The highest BCUT2D eigenvalue weighted by Crippen LogP contribution is 2.19. The minimum atomic E-state index is -0.356. The normalized spacial score (nSPS) is 11.6. The summed E-state index contributed by atoms with van der Waals surface area (Å²) in [5.74, 6) is -0.318. The molecule has 0 saturated heterocycles. The van der Waals surface area contributed by atoms with E-state index in [-0.39, 0.29) is 24.3 Å². The van der Waals surface area contributed by atoms with Crippen molar-refractivity contribution in [3.8, 4) is 0 Å². The maximum atomic E-state index is 12.4. The Balaban J connectivity index is 2.03. The fraction of sp³-hybridized carbons (Fsp3) is 0.300.